The lowest BCUT2D eigenvalue weighted by Crippen LogP contribution is -2.44. The van der Waals surface area contributed by atoms with Gasteiger partial charge in [-0.05, 0) is 24.1 Å². The molecule has 4 rings (SSSR count). The van der Waals surface area contributed by atoms with Crippen molar-refractivity contribution in [3.05, 3.63) is 66.5 Å². The van der Waals surface area contributed by atoms with Gasteiger partial charge < -0.3 is 14.5 Å². The van der Waals surface area contributed by atoms with Crippen LogP contribution in [0.15, 0.2) is 65.3 Å². The van der Waals surface area contributed by atoms with E-state index in [1.165, 1.54) is 5.56 Å². The number of nitrogens with one attached hydrogen (secondary N) is 1. The number of benzene rings is 2. The maximum Gasteiger partial charge on any atom is 0.293 e. The van der Waals surface area contributed by atoms with E-state index in [1.807, 2.05) is 72.4 Å². The largest absolute Gasteiger partial charge is 0.495 e. The summed E-state index contributed by atoms with van der Waals surface area (Å²) in [4.78, 5) is 12.8. The number of ether oxygens (including phenoxy) is 1. The average molecular weight is 375 g/mol. The number of methoxy groups -OCH3 is 1. The number of anilines is 1. The van der Waals surface area contributed by atoms with Gasteiger partial charge in [-0.2, -0.15) is 4.57 Å². The predicted octanol–water partition coefficient (Wildman–Crippen LogP) is 4.64. The molecule has 5 nitrogen and oxygen atoms in total. The van der Waals surface area contributed by atoms with Crippen molar-refractivity contribution in [1.82, 2.24) is 0 Å². The van der Waals surface area contributed by atoms with E-state index in [0.29, 0.717) is 17.0 Å². The quantitative estimate of drug-likeness (QED) is 0.517. The van der Waals surface area contributed by atoms with E-state index >= 15 is 0 Å². The maximum atomic E-state index is 12.8. The van der Waals surface area contributed by atoms with Gasteiger partial charge in [-0.1, -0.05) is 25.1 Å². The Hall–Kier alpha value is -3.34. The van der Waals surface area contributed by atoms with Crippen molar-refractivity contribution in [1.29, 1.82) is 0 Å². The topological polar surface area (TPSA) is 55.3 Å². The van der Waals surface area contributed by atoms with Crippen molar-refractivity contribution in [2.45, 2.75) is 26.3 Å². The second-order valence-corrected chi connectivity index (χ2v) is 6.82. The van der Waals surface area contributed by atoms with Gasteiger partial charge in [0.2, 0.25) is 6.04 Å². The summed E-state index contributed by atoms with van der Waals surface area (Å²) in [6.45, 7) is 3.98. The number of rotatable bonds is 5. The predicted molar refractivity (Wildman–Crippen MR) is 110 cm³/mol. The number of fused-ring (bicyclic) bond motifs is 3. The maximum absolute atomic E-state index is 12.8. The Labute approximate surface area is 163 Å². The Balaban J connectivity index is 1.65. The fourth-order valence-electron chi connectivity index (χ4n) is 3.35. The van der Waals surface area contributed by atoms with Crippen LogP contribution in [0.1, 0.15) is 25.5 Å². The Morgan fingerprint density at radius 2 is 1.86 bits per heavy atom. The fourth-order valence-corrected chi connectivity index (χ4v) is 3.35. The SMILES string of the molecule is CCc1cc[n+]([C@H](C)C(=O)Nc2cc3oc4ccccc4c3cc2OC)cc1. The number of aryl methyl sites for hydroxylation is 1. The summed E-state index contributed by atoms with van der Waals surface area (Å²) >= 11 is 0. The van der Waals surface area contributed by atoms with Gasteiger partial charge >= 0.3 is 0 Å². The smallest absolute Gasteiger partial charge is 0.293 e. The van der Waals surface area contributed by atoms with Crippen LogP contribution in [0, 0.1) is 0 Å². The highest BCUT2D eigenvalue weighted by Crippen LogP contribution is 2.36. The van der Waals surface area contributed by atoms with Crippen molar-refractivity contribution in [2.75, 3.05) is 12.4 Å². The zero-order valence-electron chi connectivity index (χ0n) is 16.2. The fraction of sp³-hybridized carbons (Fsp3) is 0.217. The summed E-state index contributed by atoms with van der Waals surface area (Å²) in [6.07, 6.45) is 4.83. The number of aromatic nitrogens is 1. The number of amides is 1. The average Bonchev–Trinajstić information content (AvgIpc) is 3.10. The summed E-state index contributed by atoms with van der Waals surface area (Å²) in [5, 5.41) is 4.96. The second kappa shape index (κ2) is 7.35. The van der Waals surface area contributed by atoms with Crippen LogP contribution in [0.5, 0.6) is 5.75 Å². The Bertz CT molecular complexity index is 1150. The van der Waals surface area contributed by atoms with Gasteiger partial charge in [-0.3, -0.25) is 4.79 Å². The summed E-state index contributed by atoms with van der Waals surface area (Å²) in [5.41, 5.74) is 3.35. The molecule has 0 saturated carbocycles. The van der Waals surface area contributed by atoms with E-state index < -0.39 is 0 Å². The number of furan rings is 1. The summed E-state index contributed by atoms with van der Waals surface area (Å²) in [5.74, 6) is 0.481. The summed E-state index contributed by atoms with van der Waals surface area (Å²) in [6, 6.07) is 15.3. The van der Waals surface area contributed by atoms with E-state index in [2.05, 4.69) is 12.2 Å². The van der Waals surface area contributed by atoms with E-state index in [1.54, 1.807) is 7.11 Å². The molecule has 28 heavy (non-hydrogen) atoms. The third kappa shape index (κ3) is 3.20. The van der Waals surface area contributed by atoms with Gasteiger partial charge in [-0.15, -0.1) is 0 Å². The first-order valence-electron chi connectivity index (χ1n) is 9.40. The molecule has 2 aromatic carbocycles. The molecule has 0 aliphatic heterocycles. The van der Waals surface area contributed by atoms with Crippen LogP contribution in [-0.2, 0) is 11.2 Å². The van der Waals surface area contributed by atoms with Crippen LogP contribution in [0.2, 0.25) is 0 Å². The number of nitrogens with zero attached hydrogens (tertiary/aromatic N) is 1. The molecule has 0 aliphatic carbocycles. The highest BCUT2D eigenvalue weighted by atomic mass is 16.5. The van der Waals surface area contributed by atoms with Crippen molar-refractivity contribution in [3.63, 3.8) is 0 Å². The molecule has 0 bridgehead atoms. The molecule has 0 unspecified atom stereocenters. The minimum absolute atomic E-state index is 0.122. The number of carbonyl (C=O) groups excluding carboxylic acids is 1. The molecule has 2 heterocycles. The molecule has 0 saturated heterocycles. The van der Waals surface area contributed by atoms with Gasteiger partial charge in [0.05, 0.1) is 12.8 Å². The lowest BCUT2D eigenvalue weighted by molar-refractivity contribution is -0.705. The van der Waals surface area contributed by atoms with Crippen LogP contribution in [0.3, 0.4) is 0 Å². The lowest BCUT2D eigenvalue weighted by atomic mass is 10.1. The van der Waals surface area contributed by atoms with Crippen molar-refractivity contribution in [2.24, 2.45) is 0 Å². The zero-order chi connectivity index (χ0) is 19.7. The third-order valence-electron chi connectivity index (χ3n) is 5.11. The van der Waals surface area contributed by atoms with E-state index in [-0.39, 0.29) is 11.9 Å². The molecular weight excluding hydrogens is 352 g/mol. The molecule has 2 aromatic heterocycles. The van der Waals surface area contributed by atoms with Gasteiger partial charge in [-0.25, -0.2) is 0 Å². The highest BCUT2D eigenvalue weighted by Gasteiger charge is 2.23. The van der Waals surface area contributed by atoms with Crippen molar-refractivity contribution >= 4 is 33.5 Å². The van der Waals surface area contributed by atoms with Gasteiger partial charge in [0, 0.05) is 35.9 Å². The zero-order valence-corrected chi connectivity index (χ0v) is 16.2. The van der Waals surface area contributed by atoms with Crippen molar-refractivity contribution < 1.29 is 18.5 Å². The van der Waals surface area contributed by atoms with Crippen LogP contribution < -0.4 is 14.6 Å². The second-order valence-electron chi connectivity index (χ2n) is 6.82. The van der Waals surface area contributed by atoms with Gasteiger partial charge in [0.15, 0.2) is 12.4 Å². The Kier molecular flexibility index (Phi) is 4.74. The molecule has 0 spiro atoms. The van der Waals surface area contributed by atoms with Crippen LogP contribution in [-0.4, -0.2) is 13.0 Å². The molecule has 1 amide bonds. The number of para-hydroxylation sites is 1. The normalized spacial score (nSPS) is 12.2. The highest BCUT2D eigenvalue weighted by molar-refractivity contribution is 6.07. The molecule has 0 fully saturated rings. The number of pyridine rings is 1. The molecule has 0 aliphatic rings. The molecule has 4 aromatic rings. The van der Waals surface area contributed by atoms with Crippen LogP contribution >= 0.6 is 0 Å². The molecule has 1 N–H and O–H groups in total. The summed E-state index contributed by atoms with van der Waals surface area (Å²) < 4.78 is 13.3. The first kappa shape index (κ1) is 18.0. The number of carbonyl (C=O) groups is 1. The van der Waals surface area contributed by atoms with E-state index in [9.17, 15) is 4.79 Å². The minimum atomic E-state index is -0.359. The molecule has 142 valence electrons. The molecule has 1 atom stereocenters. The Morgan fingerprint density at radius 3 is 2.57 bits per heavy atom. The van der Waals surface area contributed by atoms with E-state index in [0.717, 1.165) is 22.8 Å². The number of hydrogen-bond donors (Lipinski definition) is 1. The molecular formula is C23H23N2O3+. The van der Waals surface area contributed by atoms with Crippen molar-refractivity contribution in [3.8, 4) is 5.75 Å². The van der Waals surface area contributed by atoms with E-state index in [4.69, 9.17) is 9.15 Å². The molecule has 5 heteroatoms. The first-order chi connectivity index (χ1) is 13.6. The monoisotopic (exact) mass is 375 g/mol. The van der Waals surface area contributed by atoms with Gasteiger partial charge in [0.25, 0.3) is 5.91 Å². The first-order valence-corrected chi connectivity index (χ1v) is 9.40. The minimum Gasteiger partial charge on any atom is -0.495 e. The van der Waals surface area contributed by atoms with Crippen LogP contribution in [0.25, 0.3) is 21.9 Å². The lowest BCUT2D eigenvalue weighted by Gasteiger charge is -2.12. The summed E-state index contributed by atoms with van der Waals surface area (Å²) in [7, 11) is 1.60. The Morgan fingerprint density at radius 1 is 1.11 bits per heavy atom. The standard InChI is InChI=1S/C23H22N2O3/c1-4-16-9-11-25(12-10-16)15(2)23(26)24-19-14-21-18(13-22(19)27-3)17-7-5-6-8-20(17)28-21/h5-15H,4H2,1-3H3/p+1/t15-/m1/s1. The number of hydrogen-bond acceptors (Lipinski definition) is 3. The van der Waals surface area contributed by atoms with Crippen LogP contribution in [0.4, 0.5) is 5.69 Å². The third-order valence-corrected chi connectivity index (χ3v) is 5.11. The molecule has 0 radical (unpaired) electrons. The van der Waals surface area contributed by atoms with Gasteiger partial charge in [0.1, 0.15) is 16.9 Å².